The molecule has 1 aliphatic rings. The van der Waals surface area contributed by atoms with Gasteiger partial charge >= 0.3 is 0 Å². The van der Waals surface area contributed by atoms with E-state index in [0.717, 1.165) is 54.9 Å². The molecule has 0 spiro atoms. The standard InChI is InChI=1S/C32H28ClN5OS/c1-37-11-13-38(14-12-37)20-27-15-23(21-40-27)22-7-9-28-30(16-22)35-19-24(18-34)32(28)36-25-8-10-31(29(33)17-25)39-26-5-3-2-4-6-26/h2-10,15-17,19,21H,11-14,20H2,1H3,(H,35,36). The van der Waals surface area contributed by atoms with Crippen LogP contribution in [-0.4, -0.2) is 48.0 Å². The number of likely N-dealkylation sites (N-methyl/N-ethyl adjacent to an activating group) is 1. The van der Waals surface area contributed by atoms with Gasteiger partial charge in [-0.25, -0.2) is 0 Å². The number of aromatic nitrogens is 1. The molecule has 3 heterocycles. The fourth-order valence-electron chi connectivity index (χ4n) is 4.86. The van der Waals surface area contributed by atoms with Gasteiger partial charge in [0.05, 0.1) is 21.8 Å². The van der Waals surface area contributed by atoms with Crippen molar-refractivity contribution in [2.24, 2.45) is 0 Å². The molecule has 1 saturated heterocycles. The molecule has 8 heteroatoms. The van der Waals surface area contributed by atoms with Crippen molar-refractivity contribution in [2.75, 3.05) is 38.5 Å². The van der Waals surface area contributed by atoms with Crippen LogP contribution in [0, 0.1) is 11.3 Å². The molecule has 3 aromatic carbocycles. The lowest BCUT2D eigenvalue weighted by molar-refractivity contribution is 0.149. The second-order valence-electron chi connectivity index (χ2n) is 9.96. The first-order valence-corrected chi connectivity index (χ1v) is 14.4. The minimum absolute atomic E-state index is 0.464. The van der Waals surface area contributed by atoms with Crippen LogP contribution in [0.1, 0.15) is 10.4 Å². The largest absolute Gasteiger partial charge is 0.456 e. The number of ether oxygens (including phenoxy) is 1. The molecule has 0 bridgehead atoms. The Morgan fingerprint density at radius 3 is 2.60 bits per heavy atom. The van der Waals surface area contributed by atoms with Gasteiger partial charge in [-0.2, -0.15) is 5.26 Å². The van der Waals surface area contributed by atoms with Crippen LogP contribution in [0.15, 0.2) is 84.4 Å². The number of nitriles is 1. The van der Waals surface area contributed by atoms with Crippen LogP contribution in [0.3, 0.4) is 0 Å². The number of hydrogen-bond acceptors (Lipinski definition) is 7. The molecule has 6 rings (SSSR count). The zero-order chi connectivity index (χ0) is 27.5. The summed E-state index contributed by atoms with van der Waals surface area (Å²) in [6.45, 7) is 5.44. The number of thiophene rings is 1. The number of pyridine rings is 1. The summed E-state index contributed by atoms with van der Waals surface area (Å²) in [7, 11) is 2.18. The highest BCUT2D eigenvalue weighted by Gasteiger charge is 2.16. The smallest absolute Gasteiger partial charge is 0.146 e. The normalized spacial score (nSPS) is 14.2. The van der Waals surface area contributed by atoms with Gasteiger partial charge in [-0.1, -0.05) is 41.9 Å². The summed E-state index contributed by atoms with van der Waals surface area (Å²) in [4.78, 5) is 10.9. The zero-order valence-electron chi connectivity index (χ0n) is 22.1. The van der Waals surface area contributed by atoms with Crippen molar-refractivity contribution in [2.45, 2.75) is 6.54 Å². The number of nitrogens with zero attached hydrogens (tertiary/aromatic N) is 4. The zero-order valence-corrected chi connectivity index (χ0v) is 23.7. The number of hydrogen-bond donors (Lipinski definition) is 1. The van der Waals surface area contributed by atoms with Crippen LogP contribution in [0.5, 0.6) is 11.5 Å². The van der Waals surface area contributed by atoms with Gasteiger partial charge in [0.1, 0.15) is 17.6 Å². The Morgan fingerprint density at radius 2 is 1.82 bits per heavy atom. The number of fused-ring (bicyclic) bond motifs is 1. The quantitative estimate of drug-likeness (QED) is 0.217. The predicted molar refractivity (Wildman–Crippen MR) is 164 cm³/mol. The Kier molecular flexibility index (Phi) is 7.67. The summed E-state index contributed by atoms with van der Waals surface area (Å²) in [5, 5.41) is 16.8. The average Bonchev–Trinajstić information content (AvgIpc) is 3.45. The lowest BCUT2D eigenvalue weighted by Crippen LogP contribution is -2.43. The summed E-state index contributed by atoms with van der Waals surface area (Å²) in [5.41, 5.74) is 5.05. The first kappa shape index (κ1) is 26.3. The average molecular weight is 566 g/mol. The lowest BCUT2D eigenvalue weighted by atomic mass is 10.0. The molecule has 0 atom stereocenters. The summed E-state index contributed by atoms with van der Waals surface area (Å²) in [6.07, 6.45) is 1.62. The topological polar surface area (TPSA) is 64.4 Å². The molecule has 1 aliphatic heterocycles. The molecule has 5 aromatic rings. The minimum Gasteiger partial charge on any atom is -0.456 e. The van der Waals surface area contributed by atoms with E-state index < -0.39 is 0 Å². The van der Waals surface area contributed by atoms with E-state index in [1.165, 1.54) is 10.4 Å². The molecule has 2 aromatic heterocycles. The van der Waals surface area contributed by atoms with Crippen molar-refractivity contribution in [3.63, 3.8) is 0 Å². The van der Waals surface area contributed by atoms with Gasteiger partial charge in [0.25, 0.3) is 0 Å². The molecule has 200 valence electrons. The predicted octanol–water partition coefficient (Wildman–Crippen LogP) is 7.77. The van der Waals surface area contributed by atoms with E-state index in [1.807, 2.05) is 48.5 Å². The minimum atomic E-state index is 0.464. The molecule has 1 fully saturated rings. The molecule has 0 amide bonds. The van der Waals surface area contributed by atoms with E-state index in [2.05, 4.69) is 56.8 Å². The fourth-order valence-corrected chi connectivity index (χ4v) is 6.01. The van der Waals surface area contributed by atoms with E-state index in [1.54, 1.807) is 23.6 Å². The Labute approximate surface area is 243 Å². The van der Waals surface area contributed by atoms with Crippen molar-refractivity contribution in [3.05, 3.63) is 99.8 Å². The van der Waals surface area contributed by atoms with Crippen molar-refractivity contribution in [1.29, 1.82) is 5.26 Å². The van der Waals surface area contributed by atoms with Gasteiger partial charge in [-0.05, 0) is 66.0 Å². The third-order valence-electron chi connectivity index (χ3n) is 7.12. The van der Waals surface area contributed by atoms with Crippen LogP contribution >= 0.6 is 22.9 Å². The number of rotatable bonds is 7. The highest BCUT2D eigenvalue weighted by atomic mass is 35.5. The summed E-state index contributed by atoms with van der Waals surface area (Å²) < 4.78 is 5.91. The first-order valence-electron chi connectivity index (χ1n) is 13.2. The Balaban J connectivity index is 1.23. The molecule has 0 saturated carbocycles. The second-order valence-corrected chi connectivity index (χ2v) is 11.4. The molecule has 6 nitrogen and oxygen atoms in total. The Hall–Kier alpha value is -3.93. The molecule has 0 aliphatic carbocycles. The number of anilines is 2. The molecule has 1 N–H and O–H groups in total. The molecular formula is C32H28ClN5OS. The van der Waals surface area contributed by atoms with Crippen molar-refractivity contribution >= 4 is 45.2 Å². The van der Waals surface area contributed by atoms with E-state index >= 15 is 0 Å². The number of para-hydroxylation sites is 1. The summed E-state index contributed by atoms with van der Waals surface area (Å²) in [5.74, 6) is 1.27. The Morgan fingerprint density at radius 1 is 1.00 bits per heavy atom. The van der Waals surface area contributed by atoms with Crippen LogP contribution in [-0.2, 0) is 6.54 Å². The van der Waals surface area contributed by atoms with E-state index in [0.29, 0.717) is 27.8 Å². The molecule has 0 radical (unpaired) electrons. The number of nitrogens with one attached hydrogen (secondary N) is 1. The lowest BCUT2D eigenvalue weighted by Gasteiger charge is -2.31. The van der Waals surface area contributed by atoms with Crippen molar-refractivity contribution in [1.82, 2.24) is 14.8 Å². The molecule has 40 heavy (non-hydrogen) atoms. The van der Waals surface area contributed by atoms with Crippen LogP contribution in [0.4, 0.5) is 11.4 Å². The van der Waals surface area contributed by atoms with Crippen molar-refractivity contribution in [3.8, 4) is 28.7 Å². The SMILES string of the molecule is CN1CCN(Cc2cc(-c3ccc4c(Nc5ccc(Oc6ccccc6)c(Cl)c5)c(C#N)cnc4c3)cs2)CC1. The second kappa shape index (κ2) is 11.7. The van der Waals surface area contributed by atoms with Gasteiger partial charge in [0, 0.05) is 54.9 Å². The summed E-state index contributed by atoms with van der Waals surface area (Å²) in [6, 6.07) is 25.8. The van der Waals surface area contributed by atoms with Gasteiger partial charge in [0.2, 0.25) is 0 Å². The van der Waals surface area contributed by atoms with Crippen LogP contribution in [0.25, 0.3) is 22.0 Å². The summed E-state index contributed by atoms with van der Waals surface area (Å²) >= 11 is 8.35. The van der Waals surface area contributed by atoms with Gasteiger partial charge < -0.3 is 15.0 Å². The number of piperazine rings is 1. The number of benzene rings is 3. The van der Waals surface area contributed by atoms with Gasteiger partial charge in [-0.15, -0.1) is 11.3 Å². The third kappa shape index (κ3) is 5.81. The monoisotopic (exact) mass is 565 g/mol. The fraction of sp³-hybridized carbons (Fsp3) is 0.188. The third-order valence-corrected chi connectivity index (χ3v) is 8.34. The number of halogens is 1. The highest BCUT2D eigenvalue weighted by Crippen LogP contribution is 2.36. The first-order chi connectivity index (χ1) is 19.6. The van der Waals surface area contributed by atoms with Gasteiger partial charge in [0.15, 0.2) is 0 Å². The maximum atomic E-state index is 9.82. The maximum Gasteiger partial charge on any atom is 0.146 e. The molecular weight excluding hydrogens is 538 g/mol. The van der Waals surface area contributed by atoms with Crippen LogP contribution < -0.4 is 10.1 Å². The van der Waals surface area contributed by atoms with Gasteiger partial charge in [-0.3, -0.25) is 9.88 Å². The highest BCUT2D eigenvalue weighted by molar-refractivity contribution is 7.10. The van der Waals surface area contributed by atoms with E-state index in [9.17, 15) is 5.26 Å². The van der Waals surface area contributed by atoms with E-state index in [-0.39, 0.29) is 0 Å². The maximum absolute atomic E-state index is 9.82. The molecule has 0 unspecified atom stereocenters. The van der Waals surface area contributed by atoms with Crippen molar-refractivity contribution < 1.29 is 4.74 Å². The van der Waals surface area contributed by atoms with Crippen LogP contribution in [0.2, 0.25) is 5.02 Å². The Bertz CT molecular complexity index is 1690. The van der Waals surface area contributed by atoms with E-state index in [4.69, 9.17) is 16.3 Å².